The van der Waals surface area contributed by atoms with Crippen molar-refractivity contribution in [1.29, 1.82) is 0 Å². The average Bonchev–Trinajstić information content (AvgIpc) is 2.71. The van der Waals surface area contributed by atoms with Crippen LogP contribution in [0.3, 0.4) is 0 Å². The lowest BCUT2D eigenvalue weighted by atomic mass is 9.78. The zero-order chi connectivity index (χ0) is 22.4. The first-order valence-corrected chi connectivity index (χ1v) is 11.2. The molecule has 0 amide bonds. The van der Waals surface area contributed by atoms with Crippen LogP contribution in [0.4, 0.5) is 0 Å². The van der Waals surface area contributed by atoms with Crippen LogP contribution in [0.5, 0.6) is 0 Å². The van der Waals surface area contributed by atoms with Crippen molar-refractivity contribution in [3.05, 3.63) is 66.8 Å². The summed E-state index contributed by atoms with van der Waals surface area (Å²) < 4.78 is 0. The molecule has 30 heavy (non-hydrogen) atoms. The van der Waals surface area contributed by atoms with Crippen LogP contribution in [0.1, 0.15) is 66.8 Å². The topological polar surface area (TPSA) is 0 Å². The van der Waals surface area contributed by atoms with Crippen LogP contribution in [0.15, 0.2) is 0 Å². The number of hydrogen-bond donors (Lipinski definition) is 0. The van der Waals surface area contributed by atoms with Crippen LogP contribution in [0, 0.1) is 83.1 Å². The Kier molecular flexibility index (Phi) is 4.59. The van der Waals surface area contributed by atoms with Gasteiger partial charge in [-0.15, -0.1) is 0 Å². The molecule has 0 unspecified atom stereocenters. The molecular formula is C30H36. The van der Waals surface area contributed by atoms with Gasteiger partial charge in [0.25, 0.3) is 0 Å². The molecule has 0 aromatic heterocycles. The van der Waals surface area contributed by atoms with Crippen molar-refractivity contribution in [2.75, 3.05) is 0 Å². The zero-order valence-corrected chi connectivity index (χ0v) is 21.0. The maximum atomic E-state index is 2.34. The van der Waals surface area contributed by atoms with Gasteiger partial charge in [0.1, 0.15) is 0 Å². The molecule has 0 saturated heterocycles. The number of fused-ring (bicyclic) bond motifs is 5. The molecule has 156 valence electrons. The highest BCUT2D eigenvalue weighted by Gasteiger charge is 2.23. The Morgan fingerprint density at radius 2 is 0.333 bits per heavy atom. The van der Waals surface area contributed by atoms with Gasteiger partial charge < -0.3 is 0 Å². The average molecular weight is 397 g/mol. The third-order valence-corrected chi connectivity index (χ3v) is 8.75. The molecule has 0 atom stereocenters. The lowest BCUT2D eigenvalue weighted by Crippen LogP contribution is -2.04. The summed E-state index contributed by atoms with van der Waals surface area (Å²) in [6.45, 7) is 27.8. The summed E-state index contributed by atoms with van der Waals surface area (Å²) >= 11 is 0. The predicted octanol–water partition coefficient (Wildman–Crippen LogP) is 8.85. The fourth-order valence-electron chi connectivity index (χ4n) is 5.97. The summed E-state index contributed by atoms with van der Waals surface area (Å²) in [4.78, 5) is 0. The van der Waals surface area contributed by atoms with E-state index in [9.17, 15) is 0 Å². The van der Waals surface area contributed by atoms with Crippen molar-refractivity contribution >= 4 is 32.3 Å². The molecule has 4 rings (SSSR count). The van der Waals surface area contributed by atoms with Crippen molar-refractivity contribution in [2.45, 2.75) is 83.1 Å². The van der Waals surface area contributed by atoms with Gasteiger partial charge in [-0.05, 0) is 182 Å². The molecule has 0 aliphatic heterocycles. The Morgan fingerprint density at radius 1 is 0.167 bits per heavy atom. The van der Waals surface area contributed by atoms with E-state index in [1.165, 1.54) is 99.1 Å². The maximum Gasteiger partial charge on any atom is -0.00153 e. The van der Waals surface area contributed by atoms with Gasteiger partial charge in [-0.25, -0.2) is 0 Å². The van der Waals surface area contributed by atoms with E-state index in [0.29, 0.717) is 0 Å². The second-order valence-electron chi connectivity index (χ2n) is 9.75. The van der Waals surface area contributed by atoms with Gasteiger partial charge in [0.05, 0.1) is 0 Å². The minimum absolute atomic E-state index is 1.44. The zero-order valence-electron chi connectivity index (χ0n) is 21.0. The van der Waals surface area contributed by atoms with Crippen LogP contribution in [-0.4, -0.2) is 0 Å². The highest BCUT2D eigenvalue weighted by Crippen LogP contribution is 2.46. The quantitative estimate of drug-likeness (QED) is 0.260. The Balaban J connectivity index is 2.61. The molecule has 0 heteroatoms. The molecule has 0 spiro atoms. The standard InChI is InChI=1S/C30H36/c1-13-15(3)19(7)28-25(17(13)5)21(9)23(11)27-24(12)22(10)26-18(6)14(2)16(4)20(8)29(26)30(27)28/h1-12H3. The molecule has 0 nitrogen and oxygen atoms in total. The van der Waals surface area contributed by atoms with E-state index in [1.807, 2.05) is 0 Å². The van der Waals surface area contributed by atoms with Gasteiger partial charge in [0, 0.05) is 0 Å². The van der Waals surface area contributed by atoms with Crippen molar-refractivity contribution in [3.8, 4) is 0 Å². The molecule has 0 N–H and O–H groups in total. The van der Waals surface area contributed by atoms with Crippen LogP contribution >= 0.6 is 0 Å². The van der Waals surface area contributed by atoms with E-state index in [0.717, 1.165) is 0 Å². The number of rotatable bonds is 0. The lowest BCUT2D eigenvalue weighted by molar-refractivity contribution is 1.23. The van der Waals surface area contributed by atoms with Crippen molar-refractivity contribution in [3.63, 3.8) is 0 Å². The molecule has 0 aliphatic carbocycles. The second kappa shape index (κ2) is 6.58. The highest BCUT2D eigenvalue weighted by atomic mass is 14.3. The van der Waals surface area contributed by atoms with Crippen LogP contribution in [0.25, 0.3) is 32.3 Å². The van der Waals surface area contributed by atoms with Crippen LogP contribution < -0.4 is 0 Å². The van der Waals surface area contributed by atoms with E-state index in [1.54, 1.807) is 0 Å². The molecule has 0 radical (unpaired) electrons. The SMILES string of the molecule is Cc1c(C)c(C)c2c(c1C)c(C)c(C)c1c(C)c(C)c3c(C)c(C)c(C)c(C)c3c12. The first kappa shape index (κ1) is 20.9. The van der Waals surface area contributed by atoms with Crippen molar-refractivity contribution < 1.29 is 0 Å². The lowest BCUT2D eigenvalue weighted by Gasteiger charge is -2.26. The summed E-state index contributed by atoms with van der Waals surface area (Å²) in [5.41, 5.74) is 17.3. The molecule has 0 bridgehead atoms. The van der Waals surface area contributed by atoms with Gasteiger partial charge in [0.2, 0.25) is 0 Å². The molecular weight excluding hydrogens is 360 g/mol. The van der Waals surface area contributed by atoms with Gasteiger partial charge in [-0.1, -0.05) is 0 Å². The second-order valence-corrected chi connectivity index (χ2v) is 9.75. The van der Waals surface area contributed by atoms with E-state index in [-0.39, 0.29) is 0 Å². The van der Waals surface area contributed by atoms with E-state index in [4.69, 9.17) is 0 Å². The molecule has 0 aliphatic rings. The van der Waals surface area contributed by atoms with Crippen molar-refractivity contribution in [1.82, 2.24) is 0 Å². The first-order chi connectivity index (χ1) is 13.9. The molecule has 4 aromatic carbocycles. The Morgan fingerprint density at radius 3 is 0.600 bits per heavy atom. The first-order valence-electron chi connectivity index (χ1n) is 11.2. The highest BCUT2D eigenvalue weighted by molar-refractivity contribution is 6.26. The predicted molar refractivity (Wildman–Crippen MR) is 136 cm³/mol. The van der Waals surface area contributed by atoms with Gasteiger partial charge >= 0.3 is 0 Å². The van der Waals surface area contributed by atoms with Gasteiger partial charge in [0.15, 0.2) is 0 Å². The Labute approximate surface area is 182 Å². The van der Waals surface area contributed by atoms with E-state index in [2.05, 4.69) is 83.1 Å². The summed E-state index contributed by atoms with van der Waals surface area (Å²) in [7, 11) is 0. The molecule has 0 heterocycles. The Hall–Kier alpha value is -2.34. The smallest absolute Gasteiger partial charge is 0.00153 e. The maximum absolute atomic E-state index is 2.34. The summed E-state index contributed by atoms with van der Waals surface area (Å²) in [6, 6.07) is 0. The third-order valence-electron chi connectivity index (χ3n) is 8.75. The molecule has 4 aromatic rings. The number of aryl methyl sites for hydroxylation is 8. The number of hydrogen-bond acceptors (Lipinski definition) is 0. The molecule has 0 fully saturated rings. The van der Waals surface area contributed by atoms with Gasteiger partial charge in [-0.2, -0.15) is 0 Å². The fraction of sp³-hybridized carbons (Fsp3) is 0.400. The van der Waals surface area contributed by atoms with Crippen molar-refractivity contribution in [2.24, 2.45) is 0 Å². The van der Waals surface area contributed by atoms with E-state index >= 15 is 0 Å². The van der Waals surface area contributed by atoms with E-state index < -0.39 is 0 Å². The molecule has 0 saturated carbocycles. The van der Waals surface area contributed by atoms with Crippen LogP contribution in [-0.2, 0) is 0 Å². The summed E-state index contributed by atoms with van der Waals surface area (Å²) in [5.74, 6) is 0. The van der Waals surface area contributed by atoms with Gasteiger partial charge in [-0.3, -0.25) is 0 Å². The number of benzene rings is 4. The monoisotopic (exact) mass is 396 g/mol. The Bertz CT molecular complexity index is 1320. The largest absolute Gasteiger partial charge is 0.0444 e. The minimum atomic E-state index is 1.44. The normalized spacial score (nSPS) is 12.0. The summed E-state index contributed by atoms with van der Waals surface area (Å²) in [5, 5.41) is 8.86. The third kappa shape index (κ3) is 2.34. The summed E-state index contributed by atoms with van der Waals surface area (Å²) in [6.07, 6.45) is 0. The fourth-order valence-corrected chi connectivity index (χ4v) is 5.97. The van der Waals surface area contributed by atoms with Crippen LogP contribution in [0.2, 0.25) is 0 Å². The minimum Gasteiger partial charge on any atom is -0.0444 e.